The number of nitrogens with one attached hydrogen (secondary N) is 1. The highest BCUT2D eigenvalue weighted by atomic mass is 16.6. The van der Waals surface area contributed by atoms with Gasteiger partial charge in [0.2, 0.25) is 11.8 Å². The molecule has 2 N–H and O–H groups in total. The summed E-state index contributed by atoms with van der Waals surface area (Å²) in [5.41, 5.74) is 1.48. The number of aliphatic hydroxyl groups is 1. The third kappa shape index (κ3) is 3.90. The number of aliphatic hydroxyl groups excluding tert-OH is 1. The molecule has 0 saturated carbocycles. The van der Waals surface area contributed by atoms with Crippen LogP contribution in [0.3, 0.4) is 0 Å². The molecule has 3 heterocycles. The molecule has 0 radical (unpaired) electrons. The zero-order valence-corrected chi connectivity index (χ0v) is 20.7. The minimum Gasteiger partial charge on any atom is -0.466 e. The third-order valence-corrected chi connectivity index (χ3v) is 7.54. The van der Waals surface area contributed by atoms with Crippen LogP contribution in [0.15, 0.2) is 18.2 Å². The van der Waals surface area contributed by atoms with Crippen molar-refractivity contribution in [3.63, 3.8) is 0 Å². The number of hydrogen-bond acceptors (Lipinski definition) is 6. The summed E-state index contributed by atoms with van der Waals surface area (Å²) in [5.74, 6) is -2.43. The molecule has 4 rings (SSSR count). The van der Waals surface area contributed by atoms with Crippen LogP contribution in [-0.4, -0.2) is 64.8 Å². The van der Waals surface area contributed by atoms with Crippen LogP contribution >= 0.6 is 0 Å². The maximum absolute atomic E-state index is 13.9. The van der Waals surface area contributed by atoms with E-state index >= 15 is 0 Å². The Morgan fingerprint density at radius 3 is 2.71 bits per heavy atom. The van der Waals surface area contributed by atoms with E-state index in [9.17, 15) is 19.5 Å². The maximum Gasteiger partial charge on any atom is 0.312 e. The second-order valence-electron chi connectivity index (χ2n) is 10.3. The first kappa shape index (κ1) is 24.7. The molecule has 3 fully saturated rings. The zero-order valence-electron chi connectivity index (χ0n) is 20.7. The highest BCUT2D eigenvalue weighted by Crippen LogP contribution is 2.59. The predicted octanol–water partition coefficient (Wildman–Crippen LogP) is 2.59. The van der Waals surface area contributed by atoms with Crippen molar-refractivity contribution in [2.45, 2.75) is 77.7 Å². The molecule has 3 saturated heterocycles. The van der Waals surface area contributed by atoms with E-state index in [0.29, 0.717) is 24.9 Å². The third-order valence-electron chi connectivity index (χ3n) is 7.54. The van der Waals surface area contributed by atoms with Gasteiger partial charge in [-0.15, -0.1) is 0 Å². The number of nitrogens with zero attached hydrogens (tertiary/aromatic N) is 1. The van der Waals surface area contributed by atoms with Gasteiger partial charge >= 0.3 is 5.97 Å². The molecule has 1 spiro atoms. The van der Waals surface area contributed by atoms with Crippen LogP contribution in [-0.2, 0) is 23.9 Å². The summed E-state index contributed by atoms with van der Waals surface area (Å²) in [7, 11) is 0. The summed E-state index contributed by atoms with van der Waals surface area (Å²) in [6.07, 6.45) is 1.18. The Kier molecular flexibility index (Phi) is 6.75. The number of likely N-dealkylation sites (tertiary alicyclic amines) is 1. The first-order chi connectivity index (χ1) is 16.1. The molecule has 0 aromatic heterocycles. The van der Waals surface area contributed by atoms with Gasteiger partial charge in [0.25, 0.3) is 0 Å². The number of fused-ring (bicyclic) bond motifs is 1. The quantitative estimate of drug-likeness (QED) is 0.564. The normalized spacial score (nSPS) is 30.6. The van der Waals surface area contributed by atoms with Crippen molar-refractivity contribution in [3.8, 4) is 0 Å². The molecular formula is C26H36N2O6. The summed E-state index contributed by atoms with van der Waals surface area (Å²) in [6, 6.07) is 4.32. The number of carbonyl (C=O) groups excluding carboxylic acids is 3. The molecule has 2 bridgehead atoms. The van der Waals surface area contributed by atoms with Crippen LogP contribution in [0.25, 0.3) is 0 Å². The Labute approximate surface area is 201 Å². The summed E-state index contributed by atoms with van der Waals surface area (Å²) < 4.78 is 11.7. The number of rotatable bonds is 8. The summed E-state index contributed by atoms with van der Waals surface area (Å²) in [5, 5.41) is 13.3. The van der Waals surface area contributed by atoms with E-state index in [1.54, 1.807) is 6.92 Å². The Hall–Kier alpha value is -2.45. The van der Waals surface area contributed by atoms with Crippen molar-refractivity contribution in [2.75, 3.05) is 18.5 Å². The molecule has 8 nitrogen and oxygen atoms in total. The molecule has 3 aliphatic rings. The van der Waals surface area contributed by atoms with Crippen LogP contribution in [0.2, 0.25) is 0 Å². The van der Waals surface area contributed by atoms with Crippen LogP contribution in [0.1, 0.15) is 51.2 Å². The highest BCUT2D eigenvalue weighted by molar-refractivity contribution is 6.03. The molecule has 2 amide bonds. The minimum absolute atomic E-state index is 0.198. The van der Waals surface area contributed by atoms with E-state index in [-0.39, 0.29) is 30.9 Å². The first-order valence-corrected chi connectivity index (χ1v) is 12.3. The smallest absolute Gasteiger partial charge is 0.312 e. The monoisotopic (exact) mass is 472 g/mol. The van der Waals surface area contributed by atoms with Gasteiger partial charge in [-0.25, -0.2) is 0 Å². The number of esters is 1. The molecule has 8 heteroatoms. The lowest BCUT2D eigenvalue weighted by molar-refractivity contribution is -0.155. The molecule has 1 aromatic carbocycles. The van der Waals surface area contributed by atoms with Gasteiger partial charge < -0.3 is 24.8 Å². The lowest BCUT2D eigenvalue weighted by Crippen LogP contribution is -2.56. The van der Waals surface area contributed by atoms with Crippen molar-refractivity contribution >= 4 is 23.5 Å². The van der Waals surface area contributed by atoms with E-state index < -0.39 is 41.6 Å². The Morgan fingerprint density at radius 2 is 2.06 bits per heavy atom. The maximum atomic E-state index is 13.9. The van der Waals surface area contributed by atoms with E-state index in [1.165, 1.54) is 4.90 Å². The van der Waals surface area contributed by atoms with Gasteiger partial charge in [-0.2, -0.15) is 0 Å². The van der Waals surface area contributed by atoms with E-state index in [2.05, 4.69) is 5.32 Å². The molecule has 0 aliphatic carbocycles. The van der Waals surface area contributed by atoms with Crippen molar-refractivity contribution in [3.05, 3.63) is 29.3 Å². The van der Waals surface area contributed by atoms with Crippen molar-refractivity contribution in [2.24, 2.45) is 17.8 Å². The molecule has 1 aromatic rings. The van der Waals surface area contributed by atoms with Crippen molar-refractivity contribution < 1.29 is 29.0 Å². The fourth-order valence-electron chi connectivity index (χ4n) is 6.18. The first-order valence-electron chi connectivity index (χ1n) is 12.3. The van der Waals surface area contributed by atoms with E-state index in [1.807, 2.05) is 45.9 Å². The van der Waals surface area contributed by atoms with Gasteiger partial charge in [0, 0.05) is 5.69 Å². The number of anilines is 1. The average Bonchev–Trinajstić information content (AvgIpc) is 3.42. The Morgan fingerprint density at radius 1 is 1.32 bits per heavy atom. The molecule has 186 valence electrons. The average molecular weight is 473 g/mol. The molecular weight excluding hydrogens is 436 g/mol. The van der Waals surface area contributed by atoms with Crippen LogP contribution in [0.5, 0.6) is 0 Å². The van der Waals surface area contributed by atoms with Gasteiger partial charge in [0.15, 0.2) is 0 Å². The van der Waals surface area contributed by atoms with Gasteiger partial charge in [0.05, 0.1) is 37.2 Å². The van der Waals surface area contributed by atoms with E-state index in [4.69, 9.17) is 9.47 Å². The molecule has 3 aliphatic heterocycles. The predicted molar refractivity (Wildman–Crippen MR) is 126 cm³/mol. The zero-order chi connectivity index (χ0) is 24.8. The van der Waals surface area contributed by atoms with Crippen molar-refractivity contribution in [1.82, 2.24) is 4.90 Å². The summed E-state index contributed by atoms with van der Waals surface area (Å²) in [6.45, 7) is 9.56. The van der Waals surface area contributed by atoms with Gasteiger partial charge in [-0.05, 0) is 63.1 Å². The number of amides is 2. The fraction of sp³-hybridized carbons (Fsp3) is 0.654. The number of ether oxygens (including phenoxy) is 2. The number of benzene rings is 1. The molecule has 34 heavy (non-hydrogen) atoms. The lowest BCUT2D eigenvalue weighted by atomic mass is 9.70. The Balaban J connectivity index is 1.76. The number of aryl methyl sites for hydroxylation is 2. The highest BCUT2D eigenvalue weighted by Gasteiger charge is 2.75. The van der Waals surface area contributed by atoms with Gasteiger partial charge in [-0.1, -0.05) is 26.0 Å². The SMILES string of the molecule is CCOC(=O)[C@@H]1[C@H]2C(=O)N([C@@H](CO)CC(C)C)[C@H](C(=O)Nc3cc(C)ccc3C)[C@]23CC[C@H]1O3. The van der Waals surface area contributed by atoms with Crippen LogP contribution < -0.4 is 5.32 Å². The number of carbonyl (C=O) groups is 3. The second kappa shape index (κ2) is 9.30. The molecule has 0 unspecified atom stereocenters. The summed E-state index contributed by atoms with van der Waals surface area (Å²) >= 11 is 0. The van der Waals surface area contributed by atoms with Crippen LogP contribution in [0, 0.1) is 31.6 Å². The lowest BCUT2D eigenvalue weighted by Gasteiger charge is -2.37. The summed E-state index contributed by atoms with van der Waals surface area (Å²) in [4.78, 5) is 42.2. The molecule has 6 atom stereocenters. The second-order valence-corrected chi connectivity index (χ2v) is 10.3. The van der Waals surface area contributed by atoms with E-state index in [0.717, 1.165) is 11.1 Å². The standard InChI is InChI=1S/C26H36N2O6/c1-6-33-25(32)20-19-9-10-26(34-19)21(20)24(31)28(17(13-29)11-14(2)3)22(26)23(30)27-18-12-15(4)7-8-16(18)5/h7-8,12,14,17,19-22,29H,6,9-11,13H2,1-5H3,(H,27,30)/t17-,19-,20+,21+,22-,26+/m1/s1. The minimum atomic E-state index is -1.11. The van der Waals surface area contributed by atoms with Crippen molar-refractivity contribution in [1.29, 1.82) is 0 Å². The fourth-order valence-corrected chi connectivity index (χ4v) is 6.18. The Bertz CT molecular complexity index is 978. The largest absolute Gasteiger partial charge is 0.466 e. The van der Waals surface area contributed by atoms with Crippen LogP contribution in [0.4, 0.5) is 5.69 Å². The topological polar surface area (TPSA) is 105 Å². The van der Waals surface area contributed by atoms with Gasteiger partial charge in [0.1, 0.15) is 11.6 Å². The van der Waals surface area contributed by atoms with Gasteiger partial charge in [-0.3, -0.25) is 14.4 Å². The number of hydrogen-bond donors (Lipinski definition) is 2.